The van der Waals surface area contributed by atoms with Crippen LogP contribution in [0, 0.1) is 0 Å². The van der Waals surface area contributed by atoms with Gasteiger partial charge in [-0.3, -0.25) is 10.2 Å². The molecular formula is C11H13N3O2. The van der Waals surface area contributed by atoms with Gasteiger partial charge in [-0.2, -0.15) is 0 Å². The van der Waals surface area contributed by atoms with Crippen molar-refractivity contribution in [2.75, 3.05) is 12.0 Å². The monoisotopic (exact) mass is 219 g/mol. The highest BCUT2D eigenvalue weighted by Gasteiger charge is 1.92. The molecule has 0 aliphatic heterocycles. The summed E-state index contributed by atoms with van der Waals surface area (Å²) in [7, 11) is 0. The van der Waals surface area contributed by atoms with Crippen LogP contribution in [0.5, 0.6) is 0 Å². The van der Waals surface area contributed by atoms with Crippen molar-refractivity contribution < 1.29 is 9.59 Å². The van der Waals surface area contributed by atoms with Crippen LogP contribution in [-0.4, -0.2) is 18.5 Å². The van der Waals surface area contributed by atoms with Crippen LogP contribution in [0.15, 0.2) is 24.3 Å². The van der Waals surface area contributed by atoms with E-state index in [1.807, 2.05) is 12.1 Å². The SMILES string of the molecule is CC(=O)NNCNc1ccc(C=C=O)cc1. The van der Waals surface area contributed by atoms with E-state index in [9.17, 15) is 9.59 Å². The van der Waals surface area contributed by atoms with Gasteiger partial charge in [0, 0.05) is 18.7 Å². The van der Waals surface area contributed by atoms with Gasteiger partial charge in [0.2, 0.25) is 5.91 Å². The smallest absolute Gasteiger partial charge is 0.231 e. The molecule has 5 nitrogen and oxygen atoms in total. The topological polar surface area (TPSA) is 70.2 Å². The summed E-state index contributed by atoms with van der Waals surface area (Å²) in [6.07, 6.45) is 1.36. The van der Waals surface area contributed by atoms with E-state index in [-0.39, 0.29) is 5.91 Å². The molecule has 1 aromatic carbocycles. The van der Waals surface area contributed by atoms with Crippen molar-refractivity contribution in [2.24, 2.45) is 0 Å². The summed E-state index contributed by atoms with van der Waals surface area (Å²) in [6, 6.07) is 7.26. The van der Waals surface area contributed by atoms with E-state index in [1.54, 1.807) is 18.1 Å². The third-order valence-corrected chi connectivity index (χ3v) is 1.78. The van der Waals surface area contributed by atoms with Crippen molar-refractivity contribution in [1.82, 2.24) is 10.9 Å². The van der Waals surface area contributed by atoms with Crippen LogP contribution >= 0.6 is 0 Å². The van der Waals surface area contributed by atoms with Crippen LogP contribution in [-0.2, 0) is 9.59 Å². The number of amides is 1. The number of carbonyl (C=O) groups is 1. The van der Waals surface area contributed by atoms with Gasteiger partial charge >= 0.3 is 0 Å². The standard InChI is InChI=1S/C11H13N3O2/c1-9(16)14-13-8-12-11-4-2-10(3-5-11)6-7-15/h2-6,12-13H,8H2,1H3,(H,14,16). The van der Waals surface area contributed by atoms with Gasteiger partial charge in [-0.05, 0) is 17.7 Å². The van der Waals surface area contributed by atoms with E-state index in [2.05, 4.69) is 16.2 Å². The molecule has 0 fully saturated rings. The van der Waals surface area contributed by atoms with Crippen LogP contribution in [0.4, 0.5) is 5.69 Å². The Labute approximate surface area is 93.5 Å². The van der Waals surface area contributed by atoms with Gasteiger partial charge in [0.15, 0.2) is 0 Å². The second-order valence-corrected chi connectivity index (χ2v) is 3.10. The molecule has 0 aliphatic carbocycles. The predicted octanol–water partition coefficient (Wildman–Crippen LogP) is 0.541. The molecule has 16 heavy (non-hydrogen) atoms. The summed E-state index contributed by atoms with van der Waals surface area (Å²) >= 11 is 0. The van der Waals surface area contributed by atoms with Crippen molar-refractivity contribution in [3.63, 3.8) is 0 Å². The molecule has 1 aromatic rings. The van der Waals surface area contributed by atoms with Crippen molar-refractivity contribution in [3.05, 3.63) is 29.8 Å². The number of carbonyl (C=O) groups excluding carboxylic acids is 2. The molecular weight excluding hydrogens is 206 g/mol. The molecule has 0 radical (unpaired) electrons. The van der Waals surface area contributed by atoms with Gasteiger partial charge in [-0.1, -0.05) is 12.1 Å². The summed E-state index contributed by atoms with van der Waals surface area (Å²) in [5, 5.41) is 3.03. The minimum atomic E-state index is -0.145. The number of anilines is 1. The molecule has 0 aliphatic rings. The number of hydrazine groups is 1. The minimum absolute atomic E-state index is 0.145. The maximum Gasteiger partial charge on any atom is 0.231 e. The maximum atomic E-state index is 10.5. The van der Waals surface area contributed by atoms with E-state index in [0.29, 0.717) is 6.67 Å². The van der Waals surface area contributed by atoms with Crippen LogP contribution in [0.25, 0.3) is 6.08 Å². The summed E-state index contributed by atoms with van der Waals surface area (Å²) in [4.78, 5) is 20.6. The van der Waals surface area contributed by atoms with Crippen LogP contribution in [0.1, 0.15) is 12.5 Å². The fourth-order valence-corrected chi connectivity index (χ4v) is 1.08. The fourth-order valence-electron chi connectivity index (χ4n) is 1.08. The Kier molecular flexibility index (Phi) is 4.79. The number of benzene rings is 1. The average Bonchev–Trinajstić information content (AvgIpc) is 2.27. The number of hydrogen-bond donors (Lipinski definition) is 3. The minimum Gasteiger partial charge on any atom is -0.371 e. The Morgan fingerprint density at radius 3 is 2.62 bits per heavy atom. The molecule has 0 spiro atoms. The van der Waals surface area contributed by atoms with E-state index < -0.39 is 0 Å². The van der Waals surface area contributed by atoms with E-state index >= 15 is 0 Å². The molecule has 1 rings (SSSR count). The van der Waals surface area contributed by atoms with Crippen molar-refractivity contribution in [2.45, 2.75) is 6.92 Å². The quantitative estimate of drug-likeness (QED) is 0.292. The first-order valence-corrected chi connectivity index (χ1v) is 4.76. The third kappa shape index (κ3) is 4.41. The second-order valence-electron chi connectivity index (χ2n) is 3.10. The van der Waals surface area contributed by atoms with Gasteiger partial charge < -0.3 is 5.32 Å². The number of nitrogens with one attached hydrogen (secondary N) is 3. The normalized spacial score (nSPS) is 9.06. The molecule has 0 bridgehead atoms. The zero-order chi connectivity index (χ0) is 11.8. The highest BCUT2D eigenvalue weighted by atomic mass is 16.2. The fraction of sp³-hybridized carbons (Fsp3) is 0.182. The van der Waals surface area contributed by atoms with Gasteiger partial charge in [0.1, 0.15) is 5.94 Å². The first-order valence-electron chi connectivity index (χ1n) is 4.76. The lowest BCUT2D eigenvalue weighted by atomic mass is 10.2. The largest absolute Gasteiger partial charge is 0.371 e. The Bertz CT molecular complexity index is 394. The van der Waals surface area contributed by atoms with Crippen molar-refractivity contribution in [1.29, 1.82) is 0 Å². The molecule has 0 atom stereocenters. The lowest BCUT2D eigenvalue weighted by molar-refractivity contribution is -0.119. The maximum absolute atomic E-state index is 10.5. The van der Waals surface area contributed by atoms with Crippen molar-refractivity contribution >= 4 is 23.6 Å². The Balaban J connectivity index is 2.37. The predicted molar refractivity (Wildman–Crippen MR) is 62.0 cm³/mol. The van der Waals surface area contributed by atoms with Crippen LogP contribution < -0.4 is 16.2 Å². The lowest BCUT2D eigenvalue weighted by Crippen LogP contribution is -2.38. The van der Waals surface area contributed by atoms with E-state index in [1.165, 1.54) is 13.0 Å². The Morgan fingerprint density at radius 2 is 2.06 bits per heavy atom. The molecule has 0 aromatic heterocycles. The highest BCUT2D eigenvalue weighted by molar-refractivity contribution is 5.75. The zero-order valence-corrected chi connectivity index (χ0v) is 8.91. The molecule has 0 saturated heterocycles. The molecule has 3 N–H and O–H groups in total. The Morgan fingerprint density at radius 1 is 1.38 bits per heavy atom. The molecule has 0 heterocycles. The molecule has 0 saturated carbocycles. The van der Waals surface area contributed by atoms with Gasteiger partial charge in [-0.25, -0.2) is 10.2 Å². The molecule has 5 heteroatoms. The number of rotatable bonds is 5. The summed E-state index contributed by atoms with van der Waals surface area (Å²) in [6.45, 7) is 1.84. The number of hydrogen-bond acceptors (Lipinski definition) is 4. The summed E-state index contributed by atoms with van der Waals surface area (Å²) < 4.78 is 0. The second kappa shape index (κ2) is 6.40. The first kappa shape index (κ1) is 12.0. The zero-order valence-electron chi connectivity index (χ0n) is 8.91. The van der Waals surface area contributed by atoms with E-state index in [4.69, 9.17) is 0 Å². The molecule has 0 unspecified atom stereocenters. The van der Waals surface area contributed by atoms with Crippen molar-refractivity contribution in [3.8, 4) is 0 Å². The summed E-state index contributed by atoms with van der Waals surface area (Å²) in [5.74, 6) is 1.57. The average molecular weight is 219 g/mol. The van der Waals surface area contributed by atoms with Gasteiger partial charge in [0.05, 0.1) is 6.67 Å². The molecule has 84 valence electrons. The Hall–Kier alpha value is -2.10. The summed E-state index contributed by atoms with van der Waals surface area (Å²) in [5.41, 5.74) is 6.82. The lowest BCUT2D eigenvalue weighted by Gasteiger charge is -2.08. The molecule has 1 amide bonds. The highest BCUT2D eigenvalue weighted by Crippen LogP contribution is 2.08. The van der Waals surface area contributed by atoms with Crippen LogP contribution in [0.3, 0.4) is 0 Å². The van der Waals surface area contributed by atoms with Crippen LogP contribution in [0.2, 0.25) is 0 Å². The van der Waals surface area contributed by atoms with E-state index in [0.717, 1.165) is 11.3 Å². The van der Waals surface area contributed by atoms with Gasteiger partial charge in [0.25, 0.3) is 0 Å². The van der Waals surface area contributed by atoms with Gasteiger partial charge in [-0.15, -0.1) is 0 Å². The third-order valence-electron chi connectivity index (χ3n) is 1.78. The first-order chi connectivity index (χ1) is 7.72.